The van der Waals surface area contributed by atoms with Gasteiger partial charge in [0, 0.05) is 5.56 Å². The summed E-state index contributed by atoms with van der Waals surface area (Å²) in [6.45, 7) is 1.28. The average molecular weight is 230 g/mol. The number of carbonyl (C=O) groups is 2. The minimum atomic E-state index is -0.660. The molecule has 0 saturated heterocycles. The van der Waals surface area contributed by atoms with Crippen LogP contribution in [0.3, 0.4) is 0 Å². The molecule has 5 heteroatoms. The van der Waals surface area contributed by atoms with Gasteiger partial charge >= 0.3 is 0 Å². The molecule has 0 heterocycles. The van der Waals surface area contributed by atoms with E-state index in [0.29, 0.717) is 0 Å². The fourth-order valence-corrected chi connectivity index (χ4v) is 1.06. The number of halogens is 2. The van der Waals surface area contributed by atoms with Crippen LogP contribution in [0.1, 0.15) is 17.3 Å². The Morgan fingerprint density at radius 2 is 2.13 bits per heavy atom. The van der Waals surface area contributed by atoms with E-state index in [2.05, 4.69) is 5.32 Å². The van der Waals surface area contributed by atoms with Crippen LogP contribution in [0.4, 0.5) is 4.39 Å². The van der Waals surface area contributed by atoms with Crippen molar-refractivity contribution >= 4 is 23.3 Å². The molecular formula is C10H9ClFNO2. The van der Waals surface area contributed by atoms with Crippen LogP contribution in [0.2, 0.25) is 5.02 Å². The van der Waals surface area contributed by atoms with Crippen molar-refractivity contribution in [2.45, 2.75) is 6.92 Å². The molecule has 1 amide bonds. The van der Waals surface area contributed by atoms with E-state index in [1.54, 1.807) is 0 Å². The molecule has 0 unspecified atom stereocenters. The highest BCUT2D eigenvalue weighted by Gasteiger charge is 2.08. The molecule has 0 aliphatic rings. The number of ketones is 1. The van der Waals surface area contributed by atoms with Crippen LogP contribution in [0.15, 0.2) is 18.2 Å². The first-order chi connectivity index (χ1) is 7.00. The maximum absolute atomic E-state index is 13.0. The van der Waals surface area contributed by atoms with Crippen molar-refractivity contribution in [3.05, 3.63) is 34.6 Å². The molecule has 80 valence electrons. The van der Waals surface area contributed by atoms with Gasteiger partial charge in [-0.3, -0.25) is 9.59 Å². The van der Waals surface area contributed by atoms with Crippen molar-refractivity contribution in [3.63, 3.8) is 0 Å². The van der Waals surface area contributed by atoms with Gasteiger partial charge in [0.25, 0.3) is 5.91 Å². The van der Waals surface area contributed by atoms with E-state index >= 15 is 0 Å². The van der Waals surface area contributed by atoms with Crippen LogP contribution in [0, 0.1) is 5.82 Å². The summed E-state index contributed by atoms with van der Waals surface area (Å²) in [5.74, 6) is -1.33. The lowest BCUT2D eigenvalue weighted by Crippen LogP contribution is -2.28. The zero-order valence-corrected chi connectivity index (χ0v) is 8.77. The molecule has 0 aliphatic carbocycles. The van der Waals surface area contributed by atoms with Gasteiger partial charge in [0.1, 0.15) is 11.6 Å². The molecule has 1 rings (SSSR count). The van der Waals surface area contributed by atoms with E-state index in [1.165, 1.54) is 19.1 Å². The summed E-state index contributed by atoms with van der Waals surface area (Å²) in [6, 6.07) is 3.71. The molecule has 0 atom stereocenters. The Morgan fingerprint density at radius 3 is 2.67 bits per heavy atom. The van der Waals surface area contributed by atoms with Crippen molar-refractivity contribution in [2.75, 3.05) is 6.54 Å². The van der Waals surface area contributed by atoms with Gasteiger partial charge in [0.15, 0.2) is 0 Å². The Hall–Kier alpha value is -1.42. The largest absolute Gasteiger partial charge is 0.345 e. The predicted octanol–water partition coefficient (Wildman–Crippen LogP) is 1.80. The third-order valence-electron chi connectivity index (χ3n) is 1.68. The Balaban J connectivity index is 2.74. The van der Waals surface area contributed by atoms with Gasteiger partial charge in [-0.15, -0.1) is 0 Å². The molecular weight excluding hydrogens is 221 g/mol. The van der Waals surface area contributed by atoms with E-state index in [0.717, 1.165) is 6.07 Å². The lowest BCUT2D eigenvalue weighted by Gasteiger charge is -2.03. The number of Topliss-reactive ketones (excluding diaryl/α,β-unsaturated/α-hetero) is 1. The highest BCUT2D eigenvalue weighted by molar-refractivity contribution is 6.30. The second-order valence-electron chi connectivity index (χ2n) is 3.01. The SMILES string of the molecule is CC(=O)CNC(=O)c1ccc(Cl)c(F)c1. The molecule has 1 aromatic carbocycles. The normalized spacial score (nSPS) is 9.80. The van der Waals surface area contributed by atoms with Crippen molar-refractivity contribution in [1.29, 1.82) is 0 Å². The first-order valence-electron chi connectivity index (χ1n) is 4.23. The Labute approximate surface area is 91.2 Å². The zero-order chi connectivity index (χ0) is 11.4. The molecule has 0 radical (unpaired) electrons. The summed E-state index contributed by atoms with van der Waals surface area (Å²) in [6.07, 6.45) is 0. The molecule has 0 fully saturated rings. The van der Waals surface area contributed by atoms with Crippen LogP contribution >= 0.6 is 11.6 Å². The first kappa shape index (κ1) is 11.7. The molecule has 3 nitrogen and oxygen atoms in total. The fraction of sp³-hybridized carbons (Fsp3) is 0.200. The smallest absolute Gasteiger partial charge is 0.251 e. The molecule has 0 saturated carbocycles. The average Bonchev–Trinajstić information content (AvgIpc) is 2.18. The summed E-state index contributed by atoms with van der Waals surface area (Å²) in [5.41, 5.74) is 0.137. The Morgan fingerprint density at radius 1 is 1.47 bits per heavy atom. The van der Waals surface area contributed by atoms with Gasteiger partial charge in [-0.25, -0.2) is 4.39 Å². The predicted molar refractivity (Wildman–Crippen MR) is 54.4 cm³/mol. The maximum atomic E-state index is 13.0. The summed E-state index contributed by atoms with van der Waals surface area (Å²) < 4.78 is 13.0. The molecule has 0 aromatic heterocycles. The number of amides is 1. The zero-order valence-electron chi connectivity index (χ0n) is 8.01. The minimum Gasteiger partial charge on any atom is -0.345 e. The number of carbonyl (C=O) groups excluding carboxylic acids is 2. The van der Waals surface area contributed by atoms with Crippen LogP contribution in [-0.4, -0.2) is 18.2 Å². The van der Waals surface area contributed by atoms with Crippen molar-refractivity contribution in [3.8, 4) is 0 Å². The van der Waals surface area contributed by atoms with Gasteiger partial charge in [-0.05, 0) is 25.1 Å². The number of nitrogens with one attached hydrogen (secondary N) is 1. The second kappa shape index (κ2) is 4.89. The quantitative estimate of drug-likeness (QED) is 0.859. The van der Waals surface area contributed by atoms with Crippen molar-refractivity contribution in [2.24, 2.45) is 0 Å². The lowest BCUT2D eigenvalue weighted by atomic mass is 10.2. The Kier molecular flexibility index (Phi) is 3.80. The monoisotopic (exact) mass is 229 g/mol. The molecule has 0 spiro atoms. The van der Waals surface area contributed by atoms with Crippen molar-refractivity contribution in [1.82, 2.24) is 5.32 Å². The van der Waals surface area contributed by atoms with Gasteiger partial charge in [-0.1, -0.05) is 11.6 Å². The highest BCUT2D eigenvalue weighted by Crippen LogP contribution is 2.15. The summed E-state index contributed by atoms with van der Waals surface area (Å²) in [5, 5.41) is 2.30. The van der Waals surface area contributed by atoms with Crippen LogP contribution in [0.5, 0.6) is 0 Å². The van der Waals surface area contributed by atoms with Gasteiger partial charge < -0.3 is 5.32 Å². The number of hydrogen-bond donors (Lipinski definition) is 1. The molecule has 1 N–H and O–H groups in total. The standard InChI is InChI=1S/C10H9ClFNO2/c1-6(14)5-13-10(15)7-2-3-8(11)9(12)4-7/h2-4H,5H2,1H3,(H,13,15). The highest BCUT2D eigenvalue weighted by atomic mass is 35.5. The molecule has 1 aromatic rings. The van der Waals surface area contributed by atoms with Crippen LogP contribution < -0.4 is 5.32 Å². The van der Waals surface area contributed by atoms with E-state index in [1.807, 2.05) is 0 Å². The first-order valence-corrected chi connectivity index (χ1v) is 4.61. The molecule has 15 heavy (non-hydrogen) atoms. The molecule has 0 bridgehead atoms. The van der Waals surface area contributed by atoms with E-state index in [9.17, 15) is 14.0 Å². The van der Waals surface area contributed by atoms with Gasteiger partial charge in [-0.2, -0.15) is 0 Å². The van der Waals surface area contributed by atoms with Crippen LogP contribution in [-0.2, 0) is 4.79 Å². The summed E-state index contributed by atoms with van der Waals surface area (Å²) in [4.78, 5) is 21.9. The summed E-state index contributed by atoms with van der Waals surface area (Å²) in [7, 11) is 0. The maximum Gasteiger partial charge on any atom is 0.251 e. The molecule has 0 aliphatic heterocycles. The fourth-order valence-electron chi connectivity index (χ4n) is 0.944. The van der Waals surface area contributed by atoms with Crippen LogP contribution in [0.25, 0.3) is 0 Å². The van der Waals surface area contributed by atoms with Gasteiger partial charge in [0.2, 0.25) is 0 Å². The van der Waals surface area contributed by atoms with E-state index in [4.69, 9.17) is 11.6 Å². The number of benzene rings is 1. The van der Waals surface area contributed by atoms with E-state index in [-0.39, 0.29) is 22.9 Å². The lowest BCUT2D eigenvalue weighted by molar-refractivity contribution is -0.116. The summed E-state index contributed by atoms with van der Waals surface area (Å²) >= 11 is 5.45. The van der Waals surface area contributed by atoms with E-state index < -0.39 is 11.7 Å². The third-order valence-corrected chi connectivity index (χ3v) is 1.99. The second-order valence-corrected chi connectivity index (χ2v) is 3.42. The minimum absolute atomic E-state index is 0.0434. The number of rotatable bonds is 3. The Bertz CT molecular complexity index is 406. The number of hydrogen-bond acceptors (Lipinski definition) is 2. The van der Waals surface area contributed by atoms with Crippen molar-refractivity contribution < 1.29 is 14.0 Å². The third kappa shape index (κ3) is 3.32. The van der Waals surface area contributed by atoms with Gasteiger partial charge in [0.05, 0.1) is 11.6 Å². The topological polar surface area (TPSA) is 46.2 Å².